The predicted octanol–water partition coefficient (Wildman–Crippen LogP) is 2.59. The van der Waals surface area contributed by atoms with E-state index in [1.165, 1.54) is 12.3 Å². The van der Waals surface area contributed by atoms with Crippen LogP contribution in [0.15, 0.2) is 22.1 Å². The van der Waals surface area contributed by atoms with Gasteiger partial charge >= 0.3 is 5.97 Å². The van der Waals surface area contributed by atoms with Gasteiger partial charge in [0.25, 0.3) is 0 Å². The van der Waals surface area contributed by atoms with Gasteiger partial charge in [-0.25, -0.2) is 9.78 Å². The first-order valence-corrected chi connectivity index (χ1v) is 6.41. The van der Waals surface area contributed by atoms with Crippen molar-refractivity contribution in [1.29, 1.82) is 0 Å². The molecule has 0 aliphatic rings. The lowest BCUT2D eigenvalue weighted by atomic mass is 10.2. The molecule has 0 aliphatic carbocycles. The lowest BCUT2D eigenvalue weighted by Crippen LogP contribution is -2.19. The summed E-state index contributed by atoms with van der Waals surface area (Å²) in [6.45, 7) is 4.30. The minimum Gasteiger partial charge on any atom is -0.478 e. The molecule has 18 heavy (non-hydrogen) atoms. The highest BCUT2D eigenvalue weighted by atomic mass is 32.1. The molecule has 0 aliphatic heterocycles. The Bertz CT molecular complexity index is 547. The van der Waals surface area contributed by atoms with Crippen LogP contribution in [0.4, 0.5) is 0 Å². The molecule has 1 unspecified atom stereocenters. The van der Waals surface area contributed by atoms with E-state index in [1.807, 2.05) is 19.2 Å². The fourth-order valence-corrected chi connectivity index (χ4v) is 2.40. The molecule has 0 bridgehead atoms. The van der Waals surface area contributed by atoms with Gasteiger partial charge in [0.05, 0.1) is 18.8 Å². The van der Waals surface area contributed by atoms with Crippen LogP contribution in [-0.2, 0) is 6.54 Å². The zero-order valence-electron chi connectivity index (χ0n) is 10.1. The molecule has 5 nitrogen and oxygen atoms in total. The molecule has 2 aromatic heterocycles. The van der Waals surface area contributed by atoms with Crippen molar-refractivity contribution in [2.45, 2.75) is 26.4 Å². The molecule has 6 heteroatoms. The van der Waals surface area contributed by atoms with E-state index in [-0.39, 0.29) is 11.6 Å². The number of carbonyl (C=O) groups is 1. The molecule has 96 valence electrons. The summed E-state index contributed by atoms with van der Waals surface area (Å²) in [5.41, 5.74) is 1.19. The summed E-state index contributed by atoms with van der Waals surface area (Å²) in [4.78, 5) is 15.3. The van der Waals surface area contributed by atoms with Gasteiger partial charge in [-0.2, -0.15) is 0 Å². The summed E-state index contributed by atoms with van der Waals surface area (Å²) in [6.07, 6.45) is 1.39. The van der Waals surface area contributed by atoms with Gasteiger partial charge in [-0.15, -0.1) is 11.3 Å². The van der Waals surface area contributed by atoms with E-state index in [0.29, 0.717) is 12.3 Å². The van der Waals surface area contributed by atoms with Crippen LogP contribution in [-0.4, -0.2) is 16.1 Å². The molecule has 0 radical (unpaired) electrons. The predicted molar refractivity (Wildman–Crippen MR) is 67.8 cm³/mol. The van der Waals surface area contributed by atoms with Crippen molar-refractivity contribution in [1.82, 2.24) is 10.3 Å². The molecule has 2 rings (SSSR count). The van der Waals surface area contributed by atoms with Crippen molar-refractivity contribution >= 4 is 17.3 Å². The summed E-state index contributed by atoms with van der Waals surface area (Å²) in [7, 11) is 0. The highest BCUT2D eigenvalue weighted by Gasteiger charge is 2.15. The number of nitrogens with zero attached hydrogens (tertiary/aromatic N) is 1. The van der Waals surface area contributed by atoms with E-state index in [4.69, 9.17) is 9.52 Å². The van der Waals surface area contributed by atoms with E-state index in [9.17, 15) is 4.79 Å². The maximum absolute atomic E-state index is 10.9. The number of thiazole rings is 1. The minimum absolute atomic E-state index is 0.0652. The van der Waals surface area contributed by atoms with Crippen LogP contribution in [0, 0.1) is 6.92 Å². The lowest BCUT2D eigenvalue weighted by molar-refractivity contribution is 0.0694. The van der Waals surface area contributed by atoms with Gasteiger partial charge in [0.1, 0.15) is 16.3 Å². The molecule has 2 N–H and O–H groups in total. The molecule has 2 aromatic rings. The second-order valence-corrected chi connectivity index (χ2v) is 4.88. The summed E-state index contributed by atoms with van der Waals surface area (Å²) < 4.78 is 5.16. The second kappa shape index (κ2) is 5.32. The average Bonchev–Trinajstić information content (AvgIpc) is 2.94. The molecule has 1 atom stereocenters. The van der Waals surface area contributed by atoms with Gasteiger partial charge in [-0.3, -0.25) is 0 Å². The lowest BCUT2D eigenvalue weighted by Gasteiger charge is -2.09. The third-order valence-electron chi connectivity index (χ3n) is 2.55. The Morgan fingerprint density at radius 3 is 3.06 bits per heavy atom. The molecule has 2 heterocycles. The number of furan rings is 1. The average molecular weight is 266 g/mol. The summed E-state index contributed by atoms with van der Waals surface area (Å²) in [6, 6.07) is 1.52. The number of carboxylic acid groups (broad SMARTS) is 1. The molecule has 0 amide bonds. The Kier molecular flexibility index (Phi) is 3.78. The Morgan fingerprint density at radius 1 is 1.67 bits per heavy atom. The minimum atomic E-state index is -0.974. The number of nitrogens with one attached hydrogen (secondary N) is 1. The summed E-state index contributed by atoms with van der Waals surface area (Å²) >= 11 is 1.58. The number of aryl methyl sites for hydroxylation is 1. The molecule has 0 saturated heterocycles. The van der Waals surface area contributed by atoms with Crippen molar-refractivity contribution in [3.8, 4) is 0 Å². The first-order valence-electron chi connectivity index (χ1n) is 5.53. The molecular weight excluding hydrogens is 252 g/mol. The molecule has 0 saturated carbocycles. The van der Waals surface area contributed by atoms with Crippen LogP contribution >= 0.6 is 11.3 Å². The second-order valence-electron chi connectivity index (χ2n) is 3.99. The highest BCUT2D eigenvalue weighted by molar-refractivity contribution is 7.09. The van der Waals surface area contributed by atoms with Crippen LogP contribution in [0.3, 0.4) is 0 Å². The van der Waals surface area contributed by atoms with Crippen LogP contribution in [0.5, 0.6) is 0 Å². The number of aromatic carboxylic acids is 1. The van der Waals surface area contributed by atoms with Crippen LogP contribution in [0.1, 0.15) is 39.8 Å². The topological polar surface area (TPSA) is 75.4 Å². The number of hydrogen-bond donors (Lipinski definition) is 2. The fraction of sp³-hybridized carbons (Fsp3) is 0.333. The van der Waals surface area contributed by atoms with E-state index < -0.39 is 5.97 Å². The first kappa shape index (κ1) is 12.8. The van der Waals surface area contributed by atoms with Crippen LogP contribution in [0.25, 0.3) is 0 Å². The Labute approximate surface area is 108 Å². The normalized spacial score (nSPS) is 12.6. The standard InChI is InChI=1S/C12H14N2O3S/c1-7-6-18-11(14-7)8(2)13-5-10-9(12(15)16)3-4-17-10/h3-4,6,8,13H,5H2,1-2H3,(H,15,16). The van der Waals surface area contributed by atoms with Gasteiger partial charge < -0.3 is 14.8 Å². The molecule has 0 aromatic carbocycles. The van der Waals surface area contributed by atoms with Gasteiger partial charge in [0.15, 0.2) is 0 Å². The van der Waals surface area contributed by atoms with Crippen molar-refractivity contribution in [2.24, 2.45) is 0 Å². The monoisotopic (exact) mass is 266 g/mol. The zero-order chi connectivity index (χ0) is 13.1. The Morgan fingerprint density at radius 2 is 2.44 bits per heavy atom. The van der Waals surface area contributed by atoms with Crippen molar-refractivity contribution in [3.63, 3.8) is 0 Å². The number of hydrogen-bond acceptors (Lipinski definition) is 5. The van der Waals surface area contributed by atoms with Crippen LogP contribution in [0.2, 0.25) is 0 Å². The third kappa shape index (κ3) is 2.77. The van der Waals surface area contributed by atoms with E-state index in [0.717, 1.165) is 10.7 Å². The van der Waals surface area contributed by atoms with Crippen molar-refractivity contribution in [3.05, 3.63) is 39.7 Å². The maximum Gasteiger partial charge on any atom is 0.339 e. The molecule has 0 spiro atoms. The first-order chi connectivity index (χ1) is 8.58. The summed E-state index contributed by atoms with van der Waals surface area (Å²) in [5, 5.41) is 15.1. The molecular formula is C12H14N2O3S. The number of aromatic nitrogens is 1. The van der Waals surface area contributed by atoms with Gasteiger partial charge in [-0.1, -0.05) is 0 Å². The smallest absolute Gasteiger partial charge is 0.339 e. The fourth-order valence-electron chi connectivity index (χ4n) is 1.57. The van der Waals surface area contributed by atoms with E-state index in [1.54, 1.807) is 11.3 Å². The summed E-state index contributed by atoms with van der Waals surface area (Å²) in [5.74, 6) is -0.541. The van der Waals surface area contributed by atoms with Crippen LogP contribution < -0.4 is 5.32 Å². The SMILES string of the molecule is Cc1csc(C(C)NCc2occc2C(=O)O)n1. The van der Waals surface area contributed by atoms with Gasteiger partial charge in [0.2, 0.25) is 0 Å². The van der Waals surface area contributed by atoms with E-state index >= 15 is 0 Å². The third-order valence-corrected chi connectivity index (χ3v) is 3.70. The highest BCUT2D eigenvalue weighted by Crippen LogP contribution is 2.18. The largest absolute Gasteiger partial charge is 0.478 e. The Balaban J connectivity index is 1.99. The number of carboxylic acids is 1. The number of rotatable bonds is 5. The van der Waals surface area contributed by atoms with E-state index in [2.05, 4.69) is 10.3 Å². The zero-order valence-corrected chi connectivity index (χ0v) is 11.0. The van der Waals surface area contributed by atoms with Crippen molar-refractivity contribution in [2.75, 3.05) is 0 Å². The van der Waals surface area contributed by atoms with Gasteiger partial charge in [0, 0.05) is 11.1 Å². The van der Waals surface area contributed by atoms with Gasteiger partial charge in [-0.05, 0) is 19.9 Å². The quantitative estimate of drug-likeness (QED) is 0.870. The van der Waals surface area contributed by atoms with Crippen molar-refractivity contribution < 1.29 is 14.3 Å². The Hall–Kier alpha value is -1.66. The molecule has 0 fully saturated rings. The maximum atomic E-state index is 10.9.